The fourth-order valence-electron chi connectivity index (χ4n) is 1.99. The number of carboxylic acid groups (broad SMARTS) is 1. The topological polar surface area (TPSA) is 77.8 Å². The van der Waals surface area contributed by atoms with Crippen molar-refractivity contribution >= 4 is 5.97 Å². The van der Waals surface area contributed by atoms with Crippen LogP contribution in [0.5, 0.6) is 0 Å². The Balaban J connectivity index is 2.51. The predicted octanol–water partition coefficient (Wildman–Crippen LogP) is 2.02. The van der Waals surface area contributed by atoms with Gasteiger partial charge in [-0.25, -0.2) is 0 Å². The molecular formula is C16H24O4. The van der Waals surface area contributed by atoms with Gasteiger partial charge in [0.15, 0.2) is 0 Å². The fraction of sp³-hybridized carbons (Fsp3) is 0.562. The molecule has 1 unspecified atom stereocenters. The summed E-state index contributed by atoms with van der Waals surface area (Å²) in [6.07, 6.45) is 3.79. The number of unbranched alkanes of at least 4 members (excludes halogenated alkanes) is 1. The van der Waals surface area contributed by atoms with Gasteiger partial charge >= 0.3 is 5.97 Å². The highest BCUT2D eigenvalue weighted by Crippen LogP contribution is 2.23. The van der Waals surface area contributed by atoms with Gasteiger partial charge in [0, 0.05) is 6.61 Å². The van der Waals surface area contributed by atoms with Crippen LogP contribution in [-0.4, -0.2) is 34.5 Å². The molecule has 0 aliphatic rings. The van der Waals surface area contributed by atoms with E-state index in [9.17, 15) is 9.90 Å². The van der Waals surface area contributed by atoms with Crippen LogP contribution in [0.4, 0.5) is 0 Å². The summed E-state index contributed by atoms with van der Waals surface area (Å²) in [6.45, 7) is 1.45. The average Bonchev–Trinajstić information content (AvgIpc) is 2.46. The fourth-order valence-corrected chi connectivity index (χ4v) is 1.99. The van der Waals surface area contributed by atoms with Gasteiger partial charge in [-0.1, -0.05) is 24.3 Å². The summed E-state index contributed by atoms with van der Waals surface area (Å²) in [5.74, 6) is -0.958. The van der Waals surface area contributed by atoms with Crippen LogP contribution in [0, 0.1) is 5.41 Å². The Labute approximate surface area is 120 Å². The van der Waals surface area contributed by atoms with Crippen LogP contribution in [0.25, 0.3) is 0 Å². The summed E-state index contributed by atoms with van der Waals surface area (Å²) in [4.78, 5) is 11.1. The molecule has 0 bridgehead atoms. The molecule has 3 N–H and O–H groups in total. The lowest BCUT2D eigenvalue weighted by molar-refractivity contribution is -0.150. The zero-order valence-electron chi connectivity index (χ0n) is 12.0. The highest BCUT2D eigenvalue weighted by atomic mass is 16.4. The maximum absolute atomic E-state index is 11.1. The molecule has 112 valence electrons. The van der Waals surface area contributed by atoms with Crippen molar-refractivity contribution in [3.8, 4) is 0 Å². The van der Waals surface area contributed by atoms with Crippen LogP contribution in [0.15, 0.2) is 24.3 Å². The van der Waals surface area contributed by atoms with E-state index in [4.69, 9.17) is 10.2 Å². The Hall–Kier alpha value is -1.39. The molecule has 20 heavy (non-hydrogen) atoms. The Morgan fingerprint density at radius 2 is 1.60 bits per heavy atom. The molecule has 4 nitrogen and oxygen atoms in total. The van der Waals surface area contributed by atoms with Gasteiger partial charge in [0.1, 0.15) is 0 Å². The van der Waals surface area contributed by atoms with E-state index in [1.54, 1.807) is 6.92 Å². The lowest BCUT2D eigenvalue weighted by Gasteiger charge is -2.21. The number of hydrogen-bond acceptors (Lipinski definition) is 3. The molecule has 0 radical (unpaired) electrons. The standard InChI is InChI=1S/C16H24O4/c1-16(12-18,15(19)20)10-9-14-7-5-13(6-8-14)4-2-3-11-17/h5-8,17-18H,2-4,9-12H2,1H3,(H,19,20). The van der Waals surface area contributed by atoms with Crippen molar-refractivity contribution in [1.29, 1.82) is 0 Å². The number of rotatable bonds is 9. The molecule has 0 heterocycles. The van der Waals surface area contributed by atoms with Crippen LogP contribution in [0.2, 0.25) is 0 Å². The van der Waals surface area contributed by atoms with E-state index in [0.29, 0.717) is 12.8 Å². The number of aliphatic hydroxyl groups is 2. The van der Waals surface area contributed by atoms with Crippen LogP contribution >= 0.6 is 0 Å². The zero-order chi connectivity index (χ0) is 15.0. The summed E-state index contributed by atoms with van der Waals surface area (Å²) in [5, 5.41) is 27.0. The number of aryl methyl sites for hydroxylation is 2. The van der Waals surface area contributed by atoms with Crippen LogP contribution in [0.3, 0.4) is 0 Å². The molecule has 0 fully saturated rings. The second-order valence-electron chi connectivity index (χ2n) is 5.52. The van der Waals surface area contributed by atoms with E-state index < -0.39 is 11.4 Å². The van der Waals surface area contributed by atoms with Gasteiger partial charge in [-0.15, -0.1) is 0 Å². The molecule has 0 aromatic heterocycles. The van der Waals surface area contributed by atoms with Gasteiger partial charge in [-0.05, 0) is 50.2 Å². The lowest BCUT2D eigenvalue weighted by atomic mass is 9.85. The van der Waals surface area contributed by atoms with E-state index >= 15 is 0 Å². The summed E-state index contributed by atoms with van der Waals surface area (Å²) in [6, 6.07) is 8.11. The second-order valence-corrected chi connectivity index (χ2v) is 5.52. The number of carboxylic acids is 1. The first kappa shape index (κ1) is 16.7. The third-order valence-corrected chi connectivity index (χ3v) is 3.73. The molecule has 0 saturated heterocycles. The molecule has 0 aliphatic carbocycles. The van der Waals surface area contributed by atoms with Crippen molar-refractivity contribution in [3.63, 3.8) is 0 Å². The van der Waals surface area contributed by atoms with Crippen LogP contribution < -0.4 is 0 Å². The molecule has 0 amide bonds. The number of aliphatic carboxylic acids is 1. The van der Waals surface area contributed by atoms with Gasteiger partial charge < -0.3 is 15.3 Å². The molecule has 4 heteroatoms. The summed E-state index contributed by atoms with van der Waals surface area (Å²) < 4.78 is 0. The van der Waals surface area contributed by atoms with E-state index in [0.717, 1.165) is 24.8 Å². The highest BCUT2D eigenvalue weighted by Gasteiger charge is 2.31. The van der Waals surface area contributed by atoms with E-state index in [-0.39, 0.29) is 13.2 Å². The van der Waals surface area contributed by atoms with Gasteiger partial charge in [0.25, 0.3) is 0 Å². The number of carbonyl (C=O) groups is 1. The third-order valence-electron chi connectivity index (χ3n) is 3.73. The summed E-state index contributed by atoms with van der Waals surface area (Å²) >= 11 is 0. The zero-order valence-corrected chi connectivity index (χ0v) is 12.0. The molecule has 1 atom stereocenters. The van der Waals surface area contributed by atoms with Crippen LogP contribution in [-0.2, 0) is 17.6 Å². The van der Waals surface area contributed by atoms with Crippen LogP contribution in [0.1, 0.15) is 37.3 Å². The quantitative estimate of drug-likeness (QED) is 0.605. The molecule has 1 rings (SSSR count). The minimum Gasteiger partial charge on any atom is -0.481 e. The SMILES string of the molecule is CC(CO)(CCc1ccc(CCCCO)cc1)C(=O)O. The second kappa shape index (κ2) is 8.02. The van der Waals surface area contributed by atoms with Gasteiger partial charge in [0.2, 0.25) is 0 Å². The Morgan fingerprint density at radius 3 is 2.05 bits per heavy atom. The van der Waals surface area contributed by atoms with Gasteiger partial charge in [-0.2, -0.15) is 0 Å². The molecule has 0 spiro atoms. The van der Waals surface area contributed by atoms with Crippen molar-refractivity contribution in [1.82, 2.24) is 0 Å². The normalized spacial score (nSPS) is 13.9. The monoisotopic (exact) mass is 280 g/mol. The maximum atomic E-state index is 11.1. The maximum Gasteiger partial charge on any atom is 0.311 e. The van der Waals surface area contributed by atoms with Crippen molar-refractivity contribution in [2.75, 3.05) is 13.2 Å². The smallest absolute Gasteiger partial charge is 0.311 e. The van der Waals surface area contributed by atoms with E-state index in [2.05, 4.69) is 0 Å². The predicted molar refractivity (Wildman–Crippen MR) is 77.6 cm³/mol. The van der Waals surface area contributed by atoms with Crippen molar-refractivity contribution in [2.24, 2.45) is 5.41 Å². The van der Waals surface area contributed by atoms with Gasteiger partial charge in [-0.3, -0.25) is 4.79 Å². The minimum absolute atomic E-state index is 0.229. The summed E-state index contributed by atoms with van der Waals surface area (Å²) in [5.41, 5.74) is 1.24. The minimum atomic E-state index is -1.07. The molecular weight excluding hydrogens is 256 g/mol. The van der Waals surface area contributed by atoms with Crippen molar-refractivity contribution in [3.05, 3.63) is 35.4 Å². The first-order valence-electron chi connectivity index (χ1n) is 7.05. The van der Waals surface area contributed by atoms with E-state index in [1.807, 2.05) is 24.3 Å². The van der Waals surface area contributed by atoms with Gasteiger partial charge in [0.05, 0.1) is 12.0 Å². The summed E-state index contributed by atoms with van der Waals surface area (Å²) in [7, 11) is 0. The Kier molecular flexibility index (Phi) is 6.68. The molecule has 0 saturated carbocycles. The lowest BCUT2D eigenvalue weighted by Crippen LogP contribution is -2.32. The number of hydrogen-bond donors (Lipinski definition) is 3. The van der Waals surface area contributed by atoms with E-state index in [1.165, 1.54) is 5.56 Å². The largest absolute Gasteiger partial charge is 0.481 e. The first-order valence-corrected chi connectivity index (χ1v) is 7.05. The Morgan fingerprint density at radius 1 is 1.05 bits per heavy atom. The number of benzene rings is 1. The molecule has 1 aromatic carbocycles. The molecule has 1 aromatic rings. The number of aliphatic hydroxyl groups excluding tert-OH is 2. The van der Waals surface area contributed by atoms with Crippen molar-refractivity contribution in [2.45, 2.75) is 39.0 Å². The van der Waals surface area contributed by atoms with Crippen molar-refractivity contribution < 1.29 is 20.1 Å². The highest BCUT2D eigenvalue weighted by molar-refractivity contribution is 5.74. The average molecular weight is 280 g/mol. The third kappa shape index (κ3) is 4.94. The first-order chi connectivity index (χ1) is 9.51. The Bertz CT molecular complexity index is 413. The molecule has 0 aliphatic heterocycles.